The molecule has 2 heterocycles. The number of fused-ring (bicyclic) bond motifs is 1. The van der Waals surface area contributed by atoms with Gasteiger partial charge in [-0.15, -0.1) is 0 Å². The Kier molecular flexibility index (Phi) is 5.22. The predicted molar refractivity (Wildman–Crippen MR) is 94.5 cm³/mol. The quantitative estimate of drug-likeness (QED) is 0.659. The summed E-state index contributed by atoms with van der Waals surface area (Å²) in [5.74, 6) is 0.922. The number of aromatic amines is 1. The van der Waals surface area contributed by atoms with Gasteiger partial charge in [-0.05, 0) is 12.1 Å². The number of hydrogen-bond acceptors (Lipinski definition) is 5. The van der Waals surface area contributed by atoms with Crippen molar-refractivity contribution in [2.24, 2.45) is 0 Å². The zero-order valence-corrected chi connectivity index (χ0v) is 14.4. The molecule has 0 aliphatic heterocycles. The van der Waals surface area contributed by atoms with Gasteiger partial charge in [0.25, 0.3) is 0 Å². The fraction of sp³-hybridized carbons (Fsp3) is 0.188. The molecule has 1 aromatic carbocycles. The average molecular weight is 363 g/mol. The van der Waals surface area contributed by atoms with Crippen LogP contribution in [0.4, 0.5) is 0 Å². The molecule has 0 saturated carbocycles. The fourth-order valence-corrected chi connectivity index (χ4v) is 3.01. The lowest BCUT2D eigenvalue weighted by Gasteiger charge is -2.09. The normalized spacial score (nSPS) is 10.8. The van der Waals surface area contributed by atoms with Crippen molar-refractivity contribution in [3.05, 3.63) is 47.1 Å². The summed E-state index contributed by atoms with van der Waals surface area (Å²) in [6.45, 7) is 0.417. The first-order chi connectivity index (χ1) is 11.7. The third-order valence-corrected chi connectivity index (χ3v) is 4.37. The van der Waals surface area contributed by atoms with Crippen molar-refractivity contribution in [2.75, 3.05) is 12.9 Å². The average Bonchev–Trinajstić information content (AvgIpc) is 3.00. The number of hydrogen-bond donors (Lipinski definition) is 2. The van der Waals surface area contributed by atoms with Crippen LogP contribution >= 0.6 is 23.4 Å². The van der Waals surface area contributed by atoms with Crippen LogP contribution in [0.25, 0.3) is 11.2 Å². The molecule has 1 amide bonds. The van der Waals surface area contributed by atoms with Crippen LogP contribution in [0.3, 0.4) is 0 Å². The standard InChI is InChI=1S/C16H15ClN4O2S/c1-23-13-5-3-2-4-10(13)7-18-14(22)9-24-16-20-12-6-11(17)8-19-15(12)21-16/h2-6,8H,7,9H2,1H3,(H,18,22)(H,19,20,21). The molecule has 0 aliphatic carbocycles. The Morgan fingerprint density at radius 2 is 2.25 bits per heavy atom. The number of aromatic nitrogens is 3. The number of nitrogens with one attached hydrogen (secondary N) is 2. The Balaban J connectivity index is 1.55. The van der Waals surface area contributed by atoms with E-state index in [0.29, 0.717) is 22.4 Å². The number of para-hydroxylation sites is 1. The van der Waals surface area contributed by atoms with Crippen LogP contribution in [0.15, 0.2) is 41.7 Å². The van der Waals surface area contributed by atoms with Crippen molar-refractivity contribution in [3.8, 4) is 5.75 Å². The number of pyridine rings is 1. The second-order valence-electron chi connectivity index (χ2n) is 4.94. The van der Waals surface area contributed by atoms with Gasteiger partial charge < -0.3 is 15.0 Å². The molecule has 2 N–H and O–H groups in total. The Hall–Kier alpha value is -2.25. The maximum atomic E-state index is 12.0. The van der Waals surface area contributed by atoms with Gasteiger partial charge in [-0.1, -0.05) is 41.6 Å². The molecule has 3 aromatic rings. The molecule has 6 nitrogen and oxygen atoms in total. The van der Waals surface area contributed by atoms with E-state index in [9.17, 15) is 4.79 Å². The molecule has 124 valence electrons. The molecule has 0 radical (unpaired) electrons. The third-order valence-electron chi connectivity index (χ3n) is 3.29. The molecule has 0 saturated heterocycles. The van der Waals surface area contributed by atoms with E-state index in [1.54, 1.807) is 19.4 Å². The predicted octanol–water partition coefficient (Wildman–Crippen LogP) is 3.03. The van der Waals surface area contributed by atoms with E-state index in [1.165, 1.54) is 11.8 Å². The van der Waals surface area contributed by atoms with Gasteiger partial charge in [0.15, 0.2) is 10.8 Å². The molecule has 3 rings (SSSR count). The minimum absolute atomic E-state index is 0.0858. The number of H-pyrrole nitrogens is 1. The van der Waals surface area contributed by atoms with Crippen LogP contribution in [0, 0.1) is 0 Å². The summed E-state index contributed by atoms with van der Waals surface area (Å²) in [7, 11) is 1.61. The molecule has 0 spiro atoms. The van der Waals surface area contributed by atoms with Crippen LogP contribution in [0.5, 0.6) is 5.75 Å². The molecule has 8 heteroatoms. The summed E-state index contributed by atoms with van der Waals surface area (Å²) in [5, 5.41) is 4.04. The lowest BCUT2D eigenvalue weighted by molar-refractivity contribution is -0.118. The number of amides is 1. The van der Waals surface area contributed by atoms with E-state index in [-0.39, 0.29) is 11.7 Å². The van der Waals surface area contributed by atoms with Gasteiger partial charge in [0.1, 0.15) is 5.75 Å². The first kappa shape index (κ1) is 16.6. The minimum atomic E-state index is -0.0858. The first-order valence-electron chi connectivity index (χ1n) is 7.18. The summed E-state index contributed by atoms with van der Waals surface area (Å²) in [4.78, 5) is 23.5. The maximum absolute atomic E-state index is 12.0. The highest BCUT2D eigenvalue weighted by Crippen LogP contribution is 2.20. The second kappa shape index (κ2) is 7.55. The molecule has 24 heavy (non-hydrogen) atoms. The molecular formula is C16H15ClN4O2S. The lowest BCUT2D eigenvalue weighted by Crippen LogP contribution is -2.24. The topological polar surface area (TPSA) is 79.9 Å². The smallest absolute Gasteiger partial charge is 0.230 e. The number of halogens is 1. The summed E-state index contributed by atoms with van der Waals surface area (Å²) in [6, 6.07) is 9.33. The van der Waals surface area contributed by atoms with E-state index < -0.39 is 0 Å². The summed E-state index contributed by atoms with van der Waals surface area (Å²) in [6.07, 6.45) is 1.54. The van der Waals surface area contributed by atoms with Crippen LogP contribution in [0.2, 0.25) is 5.02 Å². The lowest BCUT2D eigenvalue weighted by atomic mass is 10.2. The third kappa shape index (κ3) is 3.98. The summed E-state index contributed by atoms with van der Waals surface area (Å²) >= 11 is 7.20. The number of benzene rings is 1. The van der Waals surface area contributed by atoms with Crippen molar-refractivity contribution < 1.29 is 9.53 Å². The molecular weight excluding hydrogens is 348 g/mol. The Bertz CT molecular complexity index is 868. The van der Waals surface area contributed by atoms with Gasteiger partial charge in [0.2, 0.25) is 5.91 Å². The van der Waals surface area contributed by atoms with Crippen LogP contribution in [-0.2, 0) is 11.3 Å². The number of imidazole rings is 1. The maximum Gasteiger partial charge on any atom is 0.230 e. The molecule has 0 fully saturated rings. The summed E-state index contributed by atoms with van der Waals surface area (Å²) < 4.78 is 5.26. The number of carbonyl (C=O) groups is 1. The Morgan fingerprint density at radius 3 is 3.08 bits per heavy atom. The molecule has 0 unspecified atom stereocenters. The highest BCUT2D eigenvalue weighted by Gasteiger charge is 2.09. The fourth-order valence-electron chi connectivity index (χ4n) is 2.15. The number of methoxy groups -OCH3 is 1. The van der Waals surface area contributed by atoms with Crippen molar-refractivity contribution in [3.63, 3.8) is 0 Å². The highest BCUT2D eigenvalue weighted by molar-refractivity contribution is 7.99. The van der Waals surface area contributed by atoms with Gasteiger partial charge >= 0.3 is 0 Å². The minimum Gasteiger partial charge on any atom is -0.496 e. The van der Waals surface area contributed by atoms with E-state index in [2.05, 4.69) is 20.3 Å². The number of rotatable bonds is 6. The zero-order chi connectivity index (χ0) is 16.9. The Labute approximate surface area is 148 Å². The van der Waals surface area contributed by atoms with Crippen LogP contribution in [-0.4, -0.2) is 33.7 Å². The summed E-state index contributed by atoms with van der Waals surface area (Å²) in [5.41, 5.74) is 2.26. The molecule has 0 bridgehead atoms. The highest BCUT2D eigenvalue weighted by atomic mass is 35.5. The SMILES string of the molecule is COc1ccccc1CNC(=O)CSc1nc2ncc(Cl)cc2[nH]1. The first-order valence-corrected chi connectivity index (χ1v) is 8.54. The van der Waals surface area contributed by atoms with E-state index >= 15 is 0 Å². The van der Waals surface area contributed by atoms with Crippen LogP contribution < -0.4 is 10.1 Å². The van der Waals surface area contributed by atoms with E-state index in [1.807, 2.05) is 24.3 Å². The second-order valence-corrected chi connectivity index (χ2v) is 6.34. The van der Waals surface area contributed by atoms with Crippen LogP contribution in [0.1, 0.15) is 5.56 Å². The van der Waals surface area contributed by atoms with Gasteiger partial charge in [0.05, 0.1) is 23.4 Å². The van der Waals surface area contributed by atoms with Crippen molar-refractivity contribution in [1.82, 2.24) is 20.3 Å². The van der Waals surface area contributed by atoms with E-state index in [4.69, 9.17) is 16.3 Å². The number of ether oxygens (including phenoxy) is 1. The van der Waals surface area contributed by atoms with Gasteiger partial charge in [-0.2, -0.15) is 0 Å². The molecule has 2 aromatic heterocycles. The number of carbonyl (C=O) groups excluding carboxylic acids is 1. The van der Waals surface area contributed by atoms with Crippen molar-refractivity contribution >= 4 is 40.4 Å². The van der Waals surface area contributed by atoms with Crippen molar-refractivity contribution in [1.29, 1.82) is 0 Å². The van der Waals surface area contributed by atoms with Gasteiger partial charge in [-0.3, -0.25) is 4.79 Å². The number of thioether (sulfide) groups is 1. The largest absolute Gasteiger partial charge is 0.496 e. The van der Waals surface area contributed by atoms with E-state index in [0.717, 1.165) is 16.8 Å². The van der Waals surface area contributed by atoms with Crippen molar-refractivity contribution in [2.45, 2.75) is 11.7 Å². The van der Waals surface area contributed by atoms with Gasteiger partial charge in [-0.25, -0.2) is 9.97 Å². The molecule has 0 atom stereocenters. The monoisotopic (exact) mass is 362 g/mol. The van der Waals surface area contributed by atoms with Gasteiger partial charge in [0, 0.05) is 18.3 Å². The zero-order valence-electron chi connectivity index (χ0n) is 12.9. The molecule has 0 aliphatic rings. The Morgan fingerprint density at radius 1 is 1.42 bits per heavy atom. The number of nitrogens with zero attached hydrogens (tertiary/aromatic N) is 2.